The van der Waals surface area contributed by atoms with E-state index in [9.17, 15) is 9.59 Å². The second-order valence-electron chi connectivity index (χ2n) is 4.70. The number of fused-ring (bicyclic) bond motifs is 4. The second kappa shape index (κ2) is 3.90. The molecular weight excluding hydrogens is 318 g/mol. The van der Waals surface area contributed by atoms with Crippen molar-refractivity contribution in [2.75, 3.05) is 0 Å². The Morgan fingerprint density at radius 1 is 0.800 bits per heavy atom. The van der Waals surface area contributed by atoms with Crippen LogP contribution in [0.3, 0.4) is 0 Å². The summed E-state index contributed by atoms with van der Waals surface area (Å²) in [5, 5.41) is 1.37. The van der Waals surface area contributed by atoms with Gasteiger partial charge in [0.15, 0.2) is 0 Å². The predicted molar refractivity (Wildman–Crippen MR) is 81.1 cm³/mol. The molecule has 2 heterocycles. The first-order chi connectivity index (χ1) is 9.70. The maximum absolute atomic E-state index is 12.6. The van der Waals surface area contributed by atoms with Gasteiger partial charge in [-0.15, -0.1) is 0 Å². The standard InChI is InChI=1S/C16H8BrNO2/c17-13-9-5-1-3-7-11(9)15(19)18-14(13)10-6-2-4-8-12(10)16(18)20/h1-8H. The highest BCUT2D eigenvalue weighted by Gasteiger charge is 2.30. The quantitative estimate of drug-likeness (QED) is 0.497. The molecule has 4 heteroatoms. The molecule has 0 bridgehead atoms. The van der Waals surface area contributed by atoms with Crippen LogP contribution >= 0.6 is 15.9 Å². The van der Waals surface area contributed by atoms with Crippen LogP contribution in [-0.2, 0) is 0 Å². The molecule has 1 aromatic heterocycles. The lowest BCUT2D eigenvalue weighted by molar-refractivity contribution is 0.0966. The SMILES string of the molecule is O=C1c2ccccc2-c2c(Br)c3ccccc3c(=O)n21. The van der Waals surface area contributed by atoms with Gasteiger partial charge in [-0.2, -0.15) is 0 Å². The topological polar surface area (TPSA) is 39.1 Å². The third-order valence-electron chi connectivity index (χ3n) is 3.64. The average molecular weight is 326 g/mol. The third kappa shape index (κ3) is 1.29. The molecule has 0 atom stereocenters. The molecule has 0 radical (unpaired) electrons. The van der Waals surface area contributed by atoms with Crippen molar-refractivity contribution < 1.29 is 4.79 Å². The van der Waals surface area contributed by atoms with E-state index in [4.69, 9.17) is 0 Å². The van der Waals surface area contributed by atoms with Gasteiger partial charge in [-0.05, 0) is 28.1 Å². The number of nitrogens with zero attached hydrogens (tertiary/aromatic N) is 1. The third-order valence-corrected chi connectivity index (χ3v) is 4.45. The first kappa shape index (κ1) is 11.6. The fourth-order valence-corrected chi connectivity index (χ4v) is 3.47. The number of rotatable bonds is 0. The van der Waals surface area contributed by atoms with Gasteiger partial charge in [-0.3, -0.25) is 9.59 Å². The molecule has 2 aromatic carbocycles. The molecule has 0 spiro atoms. The summed E-state index contributed by atoms with van der Waals surface area (Å²) in [6, 6.07) is 14.6. The lowest BCUT2D eigenvalue weighted by atomic mass is 10.1. The zero-order valence-electron chi connectivity index (χ0n) is 10.3. The van der Waals surface area contributed by atoms with Crippen LogP contribution in [0.2, 0.25) is 0 Å². The maximum Gasteiger partial charge on any atom is 0.266 e. The van der Waals surface area contributed by atoms with Crippen molar-refractivity contribution >= 4 is 32.6 Å². The van der Waals surface area contributed by atoms with Crippen LogP contribution in [-0.4, -0.2) is 10.5 Å². The van der Waals surface area contributed by atoms with Gasteiger partial charge in [0.05, 0.1) is 10.2 Å². The lowest BCUT2D eigenvalue weighted by Gasteiger charge is -2.08. The summed E-state index contributed by atoms with van der Waals surface area (Å²) in [5.41, 5.74) is 1.75. The van der Waals surface area contributed by atoms with Crippen molar-refractivity contribution in [2.45, 2.75) is 0 Å². The zero-order valence-corrected chi connectivity index (χ0v) is 11.8. The minimum absolute atomic E-state index is 0.257. The van der Waals surface area contributed by atoms with Crippen LogP contribution in [0.5, 0.6) is 0 Å². The maximum atomic E-state index is 12.6. The van der Waals surface area contributed by atoms with Gasteiger partial charge in [-0.1, -0.05) is 36.4 Å². The Labute approximate surface area is 122 Å². The molecule has 1 aliphatic heterocycles. The molecule has 0 saturated heterocycles. The highest BCUT2D eigenvalue weighted by Crippen LogP contribution is 2.38. The van der Waals surface area contributed by atoms with Crippen molar-refractivity contribution in [1.82, 2.24) is 4.57 Å². The average Bonchev–Trinajstić information content (AvgIpc) is 2.79. The monoisotopic (exact) mass is 325 g/mol. The molecule has 0 fully saturated rings. The Morgan fingerprint density at radius 2 is 1.40 bits per heavy atom. The van der Waals surface area contributed by atoms with Gasteiger partial charge in [0.1, 0.15) is 0 Å². The fourth-order valence-electron chi connectivity index (χ4n) is 2.74. The molecule has 0 amide bonds. The molecule has 0 saturated carbocycles. The number of pyridine rings is 1. The molecule has 96 valence electrons. The summed E-state index contributed by atoms with van der Waals surface area (Å²) in [6.45, 7) is 0. The number of hydrogen-bond acceptors (Lipinski definition) is 2. The number of benzene rings is 2. The van der Waals surface area contributed by atoms with E-state index in [1.54, 1.807) is 24.3 Å². The molecule has 4 rings (SSSR count). The Kier molecular flexibility index (Phi) is 2.26. The highest BCUT2D eigenvalue weighted by atomic mass is 79.9. The molecule has 3 aromatic rings. The Hall–Kier alpha value is -2.20. The van der Waals surface area contributed by atoms with Crippen molar-refractivity contribution in [3.63, 3.8) is 0 Å². The minimum Gasteiger partial charge on any atom is -0.268 e. The Morgan fingerprint density at radius 3 is 2.15 bits per heavy atom. The molecule has 1 aliphatic rings. The molecule has 0 unspecified atom stereocenters. The van der Waals surface area contributed by atoms with Crippen LogP contribution in [0.1, 0.15) is 10.4 Å². The minimum atomic E-state index is -0.264. The van der Waals surface area contributed by atoms with Gasteiger partial charge in [0, 0.05) is 21.9 Å². The Balaban J connectivity index is 2.29. The lowest BCUT2D eigenvalue weighted by Crippen LogP contribution is -2.25. The van der Waals surface area contributed by atoms with Crippen molar-refractivity contribution in [3.8, 4) is 11.3 Å². The first-order valence-electron chi connectivity index (χ1n) is 6.17. The number of carbonyl (C=O) groups excluding carboxylic acids is 1. The largest absolute Gasteiger partial charge is 0.268 e. The van der Waals surface area contributed by atoms with E-state index in [0.29, 0.717) is 16.6 Å². The van der Waals surface area contributed by atoms with Crippen LogP contribution in [0.25, 0.3) is 22.0 Å². The second-order valence-corrected chi connectivity index (χ2v) is 5.49. The molecule has 20 heavy (non-hydrogen) atoms. The fraction of sp³-hybridized carbons (Fsp3) is 0. The van der Waals surface area contributed by atoms with E-state index in [-0.39, 0.29) is 11.5 Å². The number of carbonyl (C=O) groups is 1. The number of hydrogen-bond donors (Lipinski definition) is 0. The number of halogens is 1. The van der Waals surface area contributed by atoms with Crippen molar-refractivity contribution in [1.29, 1.82) is 0 Å². The van der Waals surface area contributed by atoms with Gasteiger partial charge in [-0.25, -0.2) is 4.57 Å². The molecule has 3 nitrogen and oxygen atoms in total. The van der Waals surface area contributed by atoms with Gasteiger partial charge in [0.25, 0.3) is 11.5 Å². The van der Waals surface area contributed by atoms with E-state index in [1.807, 2.05) is 24.3 Å². The normalized spacial score (nSPS) is 12.6. The zero-order chi connectivity index (χ0) is 13.9. The van der Waals surface area contributed by atoms with E-state index < -0.39 is 0 Å². The van der Waals surface area contributed by atoms with Gasteiger partial charge < -0.3 is 0 Å². The predicted octanol–water partition coefficient (Wildman–Crippen LogP) is 3.43. The van der Waals surface area contributed by atoms with E-state index in [1.165, 1.54) is 4.57 Å². The van der Waals surface area contributed by atoms with Crippen LogP contribution in [0, 0.1) is 0 Å². The van der Waals surface area contributed by atoms with Crippen LogP contribution in [0.15, 0.2) is 57.8 Å². The van der Waals surface area contributed by atoms with Crippen molar-refractivity contribution in [2.24, 2.45) is 0 Å². The summed E-state index contributed by atoms with van der Waals surface area (Å²) in [4.78, 5) is 25.0. The summed E-state index contributed by atoms with van der Waals surface area (Å²) in [5.74, 6) is -0.257. The highest BCUT2D eigenvalue weighted by molar-refractivity contribution is 9.10. The summed E-state index contributed by atoms with van der Waals surface area (Å²) >= 11 is 3.55. The van der Waals surface area contributed by atoms with Gasteiger partial charge in [0.2, 0.25) is 0 Å². The van der Waals surface area contributed by atoms with E-state index in [0.717, 1.165) is 15.4 Å². The molecule has 0 N–H and O–H groups in total. The molecule has 0 aliphatic carbocycles. The van der Waals surface area contributed by atoms with Crippen LogP contribution in [0.4, 0.5) is 0 Å². The summed E-state index contributed by atoms with van der Waals surface area (Å²) < 4.78 is 2.04. The van der Waals surface area contributed by atoms with Gasteiger partial charge >= 0.3 is 0 Å². The molecular formula is C16H8BrNO2. The summed E-state index contributed by atoms with van der Waals surface area (Å²) in [7, 11) is 0. The smallest absolute Gasteiger partial charge is 0.266 e. The van der Waals surface area contributed by atoms with E-state index in [2.05, 4.69) is 15.9 Å². The van der Waals surface area contributed by atoms with Crippen LogP contribution < -0.4 is 5.56 Å². The van der Waals surface area contributed by atoms with Crippen molar-refractivity contribution in [3.05, 3.63) is 68.9 Å². The summed E-state index contributed by atoms with van der Waals surface area (Å²) in [6.07, 6.45) is 0. The van der Waals surface area contributed by atoms with E-state index >= 15 is 0 Å². The Bertz CT molecular complexity index is 956. The number of aromatic nitrogens is 1. The first-order valence-corrected chi connectivity index (χ1v) is 6.97.